The molecule has 0 saturated carbocycles. The SMILES string of the molecule is CC(C)N1CSc2nc(Cc3ccccc3)nn2C1. The van der Waals surface area contributed by atoms with Gasteiger partial charge < -0.3 is 0 Å². The van der Waals surface area contributed by atoms with Gasteiger partial charge >= 0.3 is 0 Å². The van der Waals surface area contributed by atoms with Gasteiger partial charge in [0.15, 0.2) is 11.0 Å². The van der Waals surface area contributed by atoms with E-state index in [1.807, 2.05) is 10.7 Å². The summed E-state index contributed by atoms with van der Waals surface area (Å²) in [6.07, 6.45) is 0.809. The molecule has 5 heteroatoms. The Labute approximate surface area is 117 Å². The van der Waals surface area contributed by atoms with E-state index in [9.17, 15) is 0 Å². The molecule has 0 bridgehead atoms. The van der Waals surface area contributed by atoms with E-state index in [4.69, 9.17) is 0 Å². The molecule has 1 aromatic carbocycles. The van der Waals surface area contributed by atoms with Gasteiger partial charge in [0.1, 0.15) is 0 Å². The molecule has 0 atom stereocenters. The summed E-state index contributed by atoms with van der Waals surface area (Å²) in [5, 5.41) is 5.67. The molecule has 2 aromatic rings. The van der Waals surface area contributed by atoms with Crippen LogP contribution >= 0.6 is 11.8 Å². The monoisotopic (exact) mass is 274 g/mol. The first-order valence-corrected chi connectivity index (χ1v) is 7.55. The zero-order valence-corrected chi connectivity index (χ0v) is 12.1. The highest BCUT2D eigenvalue weighted by atomic mass is 32.2. The second kappa shape index (κ2) is 5.35. The molecule has 3 rings (SSSR count). The van der Waals surface area contributed by atoms with Gasteiger partial charge in [0.05, 0.1) is 12.5 Å². The van der Waals surface area contributed by atoms with Crippen molar-refractivity contribution in [2.45, 2.75) is 38.1 Å². The summed E-state index contributed by atoms with van der Waals surface area (Å²) in [6, 6.07) is 10.9. The second-order valence-corrected chi connectivity index (χ2v) is 5.98. The van der Waals surface area contributed by atoms with Gasteiger partial charge in [-0.15, -0.1) is 0 Å². The molecule has 0 unspecified atom stereocenters. The van der Waals surface area contributed by atoms with Gasteiger partial charge in [-0.05, 0) is 19.4 Å². The summed E-state index contributed by atoms with van der Waals surface area (Å²) < 4.78 is 2.02. The minimum absolute atomic E-state index is 0.544. The Morgan fingerprint density at radius 1 is 1.26 bits per heavy atom. The molecule has 0 aliphatic carbocycles. The summed E-state index contributed by atoms with van der Waals surface area (Å²) in [6.45, 7) is 5.28. The van der Waals surface area contributed by atoms with Gasteiger partial charge in [0, 0.05) is 12.5 Å². The van der Waals surface area contributed by atoms with Crippen molar-refractivity contribution in [1.82, 2.24) is 19.7 Å². The summed E-state index contributed by atoms with van der Waals surface area (Å²) >= 11 is 1.77. The van der Waals surface area contributed by atoms with Crippen molar-refractivity contribution in [3.8, 4) is 0 Å². The number of thioether (sulfide) groups is 1. The first-order valence-electron chi connectivity index (χ1n) is 6.57. The zero-order valence-electron chi connectivity index (χ0n) is 11.3. The fourth-order valence-corrected chi connectivity index (χ4v) is 3.17. The van der Waals surface area contributed by atoms with Crippen LogP contribution in [0.1, 0.15) is 25.2 Å². The smallest absolute Gasteiger partial charge is 0.188 e. The fraction of sp³-hybridized carbons (Fsp3) is 0.429. The van der Waals surface area contributed by atoms with Crippen molar-refractivity contribution in [2.24, 2.45) is 0 Å². The number of fused-ring (bicyclic) bond motifs is 1. The fourth-order valence-electron chi connectivity index (χ4n) is 2.09. The third kappa shape index (κ3) is 2.82. The molecule has 2 heterocycles. The van der Waals surface area contributed by atoms with Crippen LogP contribution in [0.2, 0.25) is 0 Å². The number of aromatic nitrogens is 3. The van der Waals surface area contributed by atoms with E-state index >= 15 is 0 Å². The van der Waals surface area contributed by atoms with Crippen LogP contribution in [0, 0.1) is 0 Å². The summed E-state index contributed by atoms with van der Waals surface area (Å²) in [5.74, 6) is 1.92. The maximum absolute atomic E-state index is 4.63. The van der Waals surface area contributed by atoms with Crippen molar-refractivity contribution in [3.05, 3.63) is 41.7 Å². The van der Waals surface area contributed by atoms with Crippen molar-refractivity contribution < 1.29 is 0 Å². The molecule has 1 aliphatic rings. The third-order valence-electron chi connectivity index (χ3n) is 3.29. The predicted octanol–water partition coefficient (Wildman–Crippen LogP) is 2.60. The Morgan fingerprint density at radius 3 is 2.79 bits per heavy atom. The molecule has 1 aliphatic heterocycles. The zero-order chi connectivity index (χ0) is 13.2. The van der Waals surface area contributed by atoms with E-state index in [0.717, 1.165) is 29.9 Å². The number of benzene rings is 1. The Hall–Kier alpha value is -1.33. The van der Waals surface area contributed by atoms with Gasteiger partial charge in [0.25, 0.3) is 0 Å². The lowest BCUT2D eigenvalue weighted by Crippen LogP contribution is -2.36. The van der Waals surface area contributed by atoms with Crippen LogP contribution in [0.15, 0.2) is 35.5 Å². The van der Waals surface area contributed by atoms with E-state index in [1.54, 1.807) is 11.8 Å². The second-order valence-electron chi connectivity index (χ2n) is 5.07. The first-order chi connectivity index (χ1) is 9.22. The average molecular weight is 274 g/mol. The van der Waals surface area contributed by atoms with Gasteiger partial charge in [-0.2, -0.15) is 5.10 Å². The summed E-state index contributed by atoms with van der Waals surface area (Å²) in [4.78, 5) is 7.02. The van der Waals surface area contributed by atoms with E-state index in [0.29, 0.717) is 6.04 Å². The maximum atomic E-state index is 4.63. The van der Waals surface area contributed by atoms with E-state index < -0.39 is 0 Å². The highest BCUT2D eigenvalue weighted by molar-refractivity contribution is 7.99. The van der Waals surface area contributed by atoms with Gasteiger partial charge in [-0.25, -0.2) is 9.67 Å². The number of rotatable bonds is 3. The van der Waals surface area contributed by atoms with Crippen molar-refractivity contribution in [2.75, 3.05) is 5.88 Å². The van der Waals surface area contributed by atoms with Crippen LogP contribution in [0.25, 0.3) is 0 Å². The highest BCUT2D eigenvalue weighted by Crippen LogP contribution is 2.24. The molecule has 19 heavy (non-hydrogen) atoms. The lowest BCUT2D eigenvalue weighted by Gasteiger charge is -2.29. The Balaban J connectivity index is 1.76. The van der Waals surface area contributed by atoms with Crippen molar-refractivity contribution in [3.63, 3.8) is 0 Å². The minimum Gasteiger partial charge on any atom is -0.272 e. The molecule has 0 spiro atoms. The molecule has 1 aromatic heterocycles. The first kappa shape index (κ1) is 12.7. The Bertz CT molecular complexity index is 550. The molecule has 0 radical (unpaired) electrons. The van der Waals surface area contributed by atoms with E-state index in [-0.39, 0.29) is 0 Å². The van der Waals surface area contributed by atoms with Crippen LogP contribution < -0.4 is 0 Å². The minimum atomic E-state index is 0.544. The van der Waals surface area contributed by atoms with Gasteiger partial charge in [-0.3, -0.25) is 4.90 Å². The molecular weight excluding hydrogens is 256 g/mol. The maximum Gasteiger partial charge on any atom is 0.188 e. The van der Waals surface area contributed by atoms with Crippen LogP contribution in [0.4, 0.5) is 0 Å². The molecule has 0 N–H and O–H groups in total. The predicted molar refractivity (Wildman–Crippen MR) is 77.0 cm³/mol. The van der Waals surface area contributed by atoms with Crippen LogP contribution in [0.3, 0.4) is 0 Å². The molecular formula is C14H18N4S. The van der Waals surface area contributed by atoms with Crippen LogP contribution in [-0.4, -0.2) is 31.6 Å². The lowest BCUT2D eigenvalue weighted by atomic mass is 10.1. The summed E-state index contributed by atoms with van der Waals surface area (Å²) in [5.41, 5.74) is 1.26. The standard InChI is InChI=1S/C14H18N4S/c1-11(2)17-9-18-14(19-10-17)15-13(16-18)8-12-6-4-3-5-7-12/h3-7,11H,8-10H2,1-2H3. The molecule has 4 nitrogen and oxygen atoms in total. The molecule has 0 saturated heterocycles. The number of hydrogen-bond donors (Lipinski definition) is 0. The average Bonchev–Trinajstić information content (AvgIpc) is 2.80. The Morgan fingerprint density at radius 2 is 2.05 bits per heavy atom. The topological polar surface area (TPSA) is 34.0 Å². The quantitative estimate of drug-likeness (QED) is 0.861. The van der Waals surface area contributed by atoms with E-state index in [2.05, 4.69) is 53.1 Å². The molecule has 100 valence electrons. The normalized spacial score (nSPS) is 15.7. The third-order valence-corrected chi connectivity index (χ3v) is 4.31. The largest absolute Gasteiger partial charge is 0.272 e. The summed E-state index contributed by atoms with van der Waals surface area (Å²) in [7, 11) is 0. The van der Waals surface area contributed by atoms with Gasteiger partial charge in [0.2, 0.25) is 0 Å². The number of nitrogens with zero attached hydrogens (tertiary/aromatic N) is 4. The molecule has 0 amide bonds. The van der Waals surface area contributed by atoms with Gasteiger partial charge in [-0.1, -0.05) is 42.1 Å². The molecule has 0 fully saturated rings. The number of hydrogen-bond acceptors (Lipinski definition) is 4. The van der Waals surface area contributed by atoms with Crippen molar-refractivity contribution >= 4 is 11.8 Å². The van der Waals surface area contributed by atoms with Crippen molar-refractivity contribution in [1.29, 1.82) is 0 Å². The Kier molecular flexibility index (Phi) is 3.57. The van der Waals surface area contributed by atoms with Crippen LogP contribution in [-0.2, 0) is 13.1 Å². The van der Waals surface area contributed by atoms with E-state index in [1.165, 1.54) is 5.56 Å². The lowest BCUT2D eigenvalue weighted by molar-refractivity contribution is 0.179. The highest BCUT2D eigenvalue weighted by Gasteiger charge is 2.21. The van der Waals surface area contributed by atoms with Crippen LogP contribution in [0.5, 0.6) is 0 Å².